The second kappa shape index (κ2) is 6.38. The summed E-state index contributed by atoms with van der Waals surface area (Å²) in [4.78, 5) is 6.76. The molecule has 1 aromatic rings. The van der Waals surface area contributed by atoms with Gasteiger partial charge in [-0.2, -0.15) is 0 Å². The maximum atomic E-state index is 5.59. The van der Waals surface area contributed by atoms with Crippen molar-refractivity contribution in [3.63, 3.8) is 0 Å². The number of rotatable bonds is 5. The molecule has 1 aromatic heterocycles. The summed E-state index contributed by atoms with van der Waals surface area (Å²) >= 11 is 4.94. The van der Waals surface area contributed by atoms with Crippen LogP contribution in [0.1, 0.15) is 11.3 Å². The Morgan fingerprint density at radius 2 is 2.05 bits per heavy atom. The summed E-state index contributed by atoms with van der Waals surface area (Å²) in [6.07, 6.45) is 1.99. The normalized spacial score (nSPS) is 23.7. The number of aromatic nitrogens is 1. The zero-order valence-electron chi connectivity index (χ0n) is 11.2. The number of hydrogen-bond donors (Lipinski definition) is 1. The van der Waals surface area contributed by atoms with Gasteiger partial charge in [0.25, 0.3) is 0 Å². The molecule has 1 saturated heterocycles. The predicted molar refractivity (Wildman–Crippen MR) is 77.0 cm³/mol. The fraction of sp³-hybridized carbons (Fsp3) is 0.538. The highest BCUT2D eigenvalue weighted by Gasteiger charge is 2.32. The minimum atomic E-state index is 0.127. The van der Waals surface area contributed by atoms with Gasteiger partial charge in [-0.1, -0.05) is 12.2 Å². The third kappa shape index (κ3) is 3.48. The molecule has 0 radical (unpaired) electrons. The smallest absolute Gasteiger partial charge is 0.122 e. The number of thiocarbonyl (C=S) groups is 1. The Balaban J connectivity index is 2.02. The van der Waals surface area contributed by atoms with Crippen LogP contribution in [0.15, 0.2) is 18.3 Å². The SMILES string of the molecule is COC1CN(Cc2ccnc(C(N)=S)c2)CC1OC. The summed E-state index contributed by atoms with van der Waals surface area (Å²) in [6.45, 7) is 2.54. The van der Waals surface area contributed by atoms with Crippen molar-refractivity contribution in [2.45, 2.75) is 18.8 Å². The van der Waals surface area contributed by atoms with E-state index in [-0.39, 0.29) is 12.2 Å². The lowest BCUT2D eigenvalue weighted by Gasteiger charge is -2.15. The van der Waals surface area contributed by atoms with Crippen molar-refractivity contribution in [2.24, 2.45) is 5.73 Å². The van der Waals surface area contributed by atoms with E-state index in [2.05, 4.69) is 9.88 Å². The summed E-state index contributed by atoms with van der Waals surface area (Å²) in [7, 11) is 3.44. The van der Waals surface area contributed by atoms with Gasteiger partial charge in [-0.15, -0.1) is 0 Å². The Morgan fingerprint density at radius 1 is 1.42 bits per heavy atom. The molecule has 6 heteroatoms. The van der Waals surface area contributed by atoms with Crippen LogP contribution in [0.5, 0.6) is 0 Å². The molecule has 0 spiro atoms. The molecule has 1 aliphatic heterocycles. The lowest BCUT2D eigenvalue weighted by molar-refractivity contribution is -0.00461. The number of methoxy groups -OCH3 is 2. The van der Waals surface area contributed by atoms with Crippen molar-refractivity contribution in [1.82, 2.24) is 9.88 Å². The van der Waals surface area contributed by atoms with E-state index in [1.807, 2.05) is 12.1 Å². The fourth-order valence-electron chi connectivity index (χ4n) is 2.37. The average Bonchev–Trinajstić information content (AvgIpc) is 2.81. The Hall–Kier alpha value is -1.08. The Labute approximate surface area is 118 Å². The first kappa shape index (κ1) is 14.3. The van der Waals surface area contributed by atoms with Crippen LogP contribution in [-0.4, -0.2) is 54.4 Å². The molecule has 2 rings (SSSR count). The molecule has 1 fully saturated rings. The number of likely N-dealkylation sites (tertiary alicyclic amines) is 1. The van der Waals surface area contributed by atoms with E-state index in [1.165, 1.54) is 0 Å². The van der Waals surface area contributed by atoms with Gasteiger partial charge in [-0.25, -0.2) is 0 Å². The zero-order chi connectivity index (χ0) is 13.8. The molecule has 2 N–H and O–H groups in total. The van der Waals surface area contributed by atoms with Crippen LogP contribution in [0.25, 0.3) is 0 Å². The largest absolute Gasteiger partial charge is 0.388 e. The molecule has 19 heavy (non-hydrogen) atoms. The molecular weight excluding hydrogens is 262 g/mol. The summed E-state index contributed by atoms with van der Waals surface area (Å²) in [5, 5.41) is 0. The maximum Gasteiger partial charge on any atom is 0.122 e. The molecule has 0 aliphatic carbocycles. The fourth-order valence-corrected chi connectivity index (χ4v) is 2.48. The van der Waals surface area contributed by atoms with Crippen molar-refractivity contribution in [3.05, 3.63) is 29.6 Å². The number of nitrogens with two attached hydrogens (primary N) is 1. The van der Waals surface area contributed by atoms with E-state index in [4.69, 9.17) is 27.4 Å². The van der Waals surface area contributed by atoms with Crippen molar-refractivity contribution >= 4 is 17.2 Å². The number of ether oxygens (including phenoxy) is 2. The van der Waals surface area contributed by atoms with Gasteiger partial charge in [0.05, 0.1) is 17.9 Å². The summed E-state index contributed by atoms with van der Waals surface area (Å²) < 4.78 is 10.8. The average molecular weight is 281 g/mol. The lowest BCUT2D eigenvalue weighted by atomic mass is 10.2. The first-order chi connectivity index (χ1) is 9.13. The number of nitrogens with zero attached hydrogens (tertiary/aromatic N) is 2. The van der Waals surface area contributed by atoms with Crippen molar-refractivity contribution in [1.29, 1.82) is 0 Å². The highest BCUT2D eigenvalue weighted by molar-refractivity contribution is 7.80. The summed E-state index contributed by atoms with van der Waals surface area (Å²) in [5.41, 5.74) is 7.40. The van der Waals surface area contributed by atoms with Crippen LogP contribution < -0.4 is 5.73 Å². The Bertz CT molecular complexity index is 443. The van der Waals surface area contributed by atoms with Crippen molar-refractivity contribution in [2.75, 3.05) is 27.3 Å². The highest BCUT2D eigenvalue weighted by Crippen LogP contribution is 2.18. The van der Waals surface area contributed by atoms with E-state index >= 15 is 0 Å². The molecule has 0 saturated carbocycles. The van der Waals surface area contributed by atoms with Gasteiger partial charge in [0.2, 0.25) is 0 Å². The first-order valence-corrected chi connectivity index (χ1v) is 6.57. The minimum absolute atomic E-state index is 0.127. The van der Waals surface area contributed by atoms with Crippen LogP contribution in [0.4, 0.5) is 0 Å². The van der Waals surface area contributed by atoms with Crippen LogP contribution in [0.3, 0.4) is 0 Å². The summed E-state index contributed by atoms with van der Waals surface area (Å²) in [5.74, 6) is 0. The van der Waals surface area contributed by atoms with Crippen molar-refractivity contribution < 1.29 is 9.47 Å². The van der Waals surface area contributed by atoms with Crippen molar-refractivity contribution in [3.8, 4) is 0 Å². The molecule has 104 valence electrons. The van der Waals surface area contributed by atoms with Gasteiger partial charge in [-0.05, 0) is 17.7 Å². The molecular formula is C13H19N3O2S. The number of pyridine rings is 1. The Morgan fingerprint density at radius 3 is 2.58 bits per heavy atom. The monoisotopic (exact) mass is 281 g/mol. The second-order valence-electron chi connectivity index (χ2n) is 4.66. The Kier molecular flexibility index (Phi) is 4.81. The van der Waals surface area contributed by atoms with E-state index < -0.39 is 0 Å². The molecule has 2 heterocycles. The topological polar surface area (TPSA) is 60.6 Å². The van der Waals surface area contributed by atoms with E-state index in [0.29, 0.717) is 10.7 Å². The van der Waals surface area contributed by atoms with Crippen LogP contribution in [0.2, 0.25) is 0 Å². The summed E-state index contributed by atoms with van der Waals surface area (Å²) in [6, 6.07) is 3.91. The molecule has 2 atom stereocenters. The molecule has 2 unspecified atom stereocenters. The van der Waals surface area contributed by atoms with Crippen LogP contribution in [-0.2, 0) is 16.0 Å². The molecule has 0 amide bonds. The van der Waals surface area contributed by atoms with Gasteiger partial charge < -0.3 is 15.2 Å². The van der Waals surface area contributed by atoms with Gasteiger partial charge in [0, 0.05) is 40.1 Å². The van der Waals surface area contributed by atoms with Gasteiger partial charge in [0.15, 0.2) is 0 Å². The molecule has 0 bridgehead atoms. The highest BCUT2D eigenvalue weighted by atomic mass is 32.1. The third-order valence-electron chi connectivity index (χ3n) is 3.38. The molecule has 0 aromatic carbocycles. The number of hydrogen-bond acceptors (Lipinski definition) is 5. The maximum absolute atomic E-state index is 5.59. The molecule has 1 aliphatic rings. The van der Waals surface area contributed by atoms with E-state index in [0.717, 1.165) is 25.2 Å². The van der Waals surface area contributed by atoms with Gasteiger partial charge >= 0.3 is 0 Å². The van der Waals surface area contributed by atoms with Crippen LogP contribution >= 0.6 is 12.2 Å². The van der Waals surface area contributed by atoms with Gasteiger partial charge in [0.1, 0.15) is 4.99 Å². The van der Waals surface area contributed by atoms with Crippen LogP contribution in [0, 0.1) is 0 Å². The quantitative estimate of drug-likeness (QED) is 0.796. The standard InChI is InChI=1S/C13H19N3O2S/c1-17-11-7-16(8-12(11)18-2)6-9-3-4-15-10(5-9)13(14)19/h3-5,11-12H,6-8H2,1-2H3,(H2,14,19). The molecule has 5 nitrogen and oxygen atoms in total. The zero-order valence-corrected chi connectivity index (χ0v) is 12.0. The van der Waals surface area contributed by atoms with Gasteiger partial charge in [-0.3, -0.25) is 9.88 Å². The third-order valence-corrected chi connectivity index (χ3v) is 3.59. The minimum Gasteiger partial charge on any atom is -0.388 e. The van der Waals surface area contributed by atoms with E-state index in [1.54, 1.807) is 20.4 Å². The second-order valence-corrected chi connectivity index (χ2v) is 5.10. The first-order valence-electron chi connectivity index (χ1n) is 6.16. The predicted octanol–water partition coefficient (Wildman–Crippen LogP) is 0.561. The lowest BCUT2D eigenvalue weighted by Crippen LogP contribution is -2.27. The van der Waals surface area contributed by atoms with E-state index in [9.17, 15) is 0 Å².